The van der Waals surface area contributed by atoms with Crippen LogP contribution < -0.4 is 0 Å². The molecule has 73 heavy (non-hydrogen) atoms. The highest BCUT2D eigenvalue weighted by molar-refractivity contribution is 7.48. The average molecular weight is 1050 g/mol. The van der Waals surface area contributed by atoms with Crippen LogP contribution in [0.3, 0.4) is 0 Å². The predicted octanol–water partition coefficient (Wildman–Crippen LogP) is 8.39. The van der Waals surface area contributed by atoms with Gasteiger partial charge >= 0.3 is 13.8 Å². The van der Waals surface area contributed by atoms with E-state index in [1.165, 1.54) is 12.0 Å². The maximum atomic E-state index is 14.6. The molecule has 0 aromatic carbocycles. The first-order valence-corrected chi connectivity index (χ1v) is 28.1. The second kappa shape index (κ2) is 29.3. The van der Waals surface area contributed by atoms with Crippen molar-refractivity contribution >= 4 is 37.0 Å². The van der Waals surface area contributed by atoms with Crippen LogP contribution in [0.1, 0.15) is 139 Å². The molecule has 2 bridgehead atoms. The number of esters is 1. The fourth-order valence-electron chi connectivity index (χ4n) is 10.8. The van der Waals surface area contributed by atoms with Gasteiger partial charge in [0.2, 0.25) is 5.79 Å². The molecule has 0 spiro atoms. The normalized spacial score (nSPS) is 37.5. The summed E-state index contributed by atoms with van der Waals surface area (Å²) in [6, 6.07) is -1.18. The second-order valence-electron chi connectivity index (χ2n) is 20.9. The van der Waals surface area contributed by atoms with E-state index in [-0.39, 0.29) is 56.0 Å². The summed E-state index contributed by atoms with van der Waals surface area (Å²) in [6.07, 6.45) is 10.3. The third-order valence-corrected chi connectivity index (χ3v) is 17.0. The van der Waals surface area contributed by atoms with Crippen LogP contribution in [0.15, 0.2) is 47.6 Å². The Morgan fingerprint density at radius 1 is 0.836 bits per heavy atom. The van der Waals surface area contributed by atoms with Crippen LogP contribution in [0.5, 0.6) is 0 Å². The van der Waals surface area contributed by atoms with Gasteiger partial charge in [-0.2, -0.15) is 0 Å². The molecule has 0 unspecified atom stereocenters. The highest BCUT2D eigenvalue weighted by Crippen LogP contribution is 2.53. The molecular weight excluding hydrogens is 962 g/mol. The zero-order chi connectivity index (χ0) is 54.2. The molecule has 18 heteroatoms. The Bertz CT molecular complexity index is 2010. The van der Waals surface area contributed by atoms with Crippen molar-refractivity contribution in [1.82, 2.24) is 4.90 Å². The van der Waals surface area contributed by atoms with Crippen LogP contribution in [0, 0.1) is 35.5 Å². The quantitative estimate of drug-likeness (QED) is 0.0811. The Kier molecular flexibility index (Phi) is 25.0. The highest BCUT2D eigenvalue weighted by Gasteiger charge is 2.53. The standard InChI is InChI=1S/C55H88NO16P/c1-13-68-73(64,69-14-2)72-45-26-24-41(31-48(45)66-11)30-37(6)47-33-44(57)36(5)29-39(8)50(59)51(67-12)49(58)38(7)28-34(3)20-16-15-17-21-35(4)46(65-10)32-42-25-23-40(9)55(63,71-42)52(60)53(61)56-27-19-18-22-43(56)54(62)70-47/h15-17,20-21,29,34,36-38,40-43,45-48,50-51,59,63H,13-14,18-19,22-28,30-33H2,1-12H3/b17-15+,20-16+,35-21+,39-29+/t34-,36-,37-,38-,40-,41+,42+,43+,45-,46+,47+,48-,50-,51+,55-/m1/s1. The number of phosphoric acid groups is 1. The SMILES string of the molecule is CCOP(=O)(OCC)O[C@@H]1CC[C@@H](C[C@@H](C)[C@@H]2CC(=O)[C@H](C)/C=C(\C)[C@@H](O)[C@@H](OC)C(=O)[C@H](C)C[C@H](C)/C=C/C=C/C=C(\C)[C@@H](OC)C[C@@H]3CC[C@@H](C)[C@@](O)(O3)C(=O)C(=O)N3CCCC[C@H]3C(=O)O2)C[C@H]1OC. The number of cyclic esters (lactones) is 1. The lowest BCUT2D eigenvalue weighted by Gasteiger charge is -2.42. The molecular formula is C55H88NO16P. The number of carbonyl (C=O) groups excluding carboxylic acids is 5. The van der Waals surface area contributed by atoms with Crippen molar-refractivity contribution in [3.05, 3.63) is 47.6 Å². The number of amides is 1. The van der Waals surface area contributed by atoms with Gasteiger partial charge in [-0.3, -0.25) is 32.7 Å². The van der Waals surface area contributed by atoms with Gasteiger partial charge in [0.1, 0.15) is 30.1 Å². The van der Waals surface area contributed by atoms with E-state index >= 15 is 0 Å². The molecule has 17 nitrogen and oxygen atoms in total. The number of hydrogen-bond donors (Lipinski definition) is 2. The van der Waals surface area contributed by atoms with Gasteiger partial charge in [0.15, 0.2) is 5.78 Å². The fraction of sp³-hybridized carbons (Fsp3) is 0.764. The number of aliphatic hydroxyl groups excluding tert-OH is 1. The van der Waals surface area contributed by atoms with Crippen molar-refractivity contribution in [2.45, 2.75) is 194 Å². The van der Waals surface area contributed by atoms with Crippen LogP contribution in [-0.2, 0) is 65.8 Å². The number of ether oxygens (including phenoxy) is 5. The molecule has 15 atom stereocenters. The van der Waals surface area contributed by atoms with E-state index in [1.807, 2.05) is 51.2 Å². The summed E-state index contributed by atoms with van der Waals surface area (Å²) in [6.45, 7) is 16.3. The minimum atomic E-state index is -3.84. The number of methoxy groups -OCH3 is 3. The zero-order valence-corrected chi connectivity index (χ0v) is 46.6. The zero-order valence-electron chi connectivity index (χ0n) is 45.7. The first-order chi connectivity index (χ1) is 34.6. The number of allylic oxidation sites excluding steroid dienone is 6. The van der Waals surface area contributed by atoms with Gasteiger partial charge in [0.25, 0.3) is 11.7 Å². The number of Topliss-reactive ketones (excluding diaryl/α,β-unsaturated/α-hetero) is 3. The smallest absolute Gasteiger partial charge is 0.460 e. The monoisotopic (exact) mass is 1050 g/mol. The number of carbonyl (C=O) groups is 5. The largest absolute Gasteiger partial charge is 0.475 e. The van der Waals surface area contributed by atoms with Gasteiger partial charge in [0, 0.05) is 58.5 Å². The van der Waals surface area contributed by atoms with E-state index in [0.29, 0.717) is 69.8 Å². The summed E-state index contributed by atoms with van der Waals surface area (Å²) in [5, 5.41) is 23.5. The van der Waals surface area contributed by atoms with E-state index in [4.69, 9.17) is 37.3 Å². The Morgan fingerprint density at radius 2 is 1.53 bits per heavy atom. The first-order valence-electron chi connectivity index (χ1n) is 26.6. The lowest BCUT2D eigenvalue weighted by Crippen LogP contribution is -2.61. The van der Waals surface area contributed by atoms with Crippen LogP contribution in [-0.4, -0.2) is 140 Å². The van der Waals surface area contributed by atoms with Crippen LogP contribution in [0.25, 0.3) is 0 Å². The van der Waals surface area contributed by atoms with Crippen molar-refractivity contribution in [3.63, 3.8) is 0 Å². The summed E-state index contributed by atoms with van der Waals surface area (Å²) < 4.78 is 59.9. The van der Waals surface area contributed by atoms with Crippen molar-refractivity contribution in [1.29, 1.82) is 0 Å². The highest BCUT2D eigenvalue weighted by atomic mass is 31.2. The topological polar surface area (TPSA) is 220 Å². The van der Waals surface area contributed by atoms with Crippen LogP contribution in [0.2, 0.25) is 0 Å². The number of rotatable bonds is 12. The average Bonchev–Trinajstić information content (AvgIpc) is 3.35. The number of aliphatic hydroxyl groups is 2. The van der Waals surface area contributed by atoms with E-state index in [1.54, 1.807) is 61.8 Å². The van der Waals surface area contributed by atoms with Gasteiger partial charge in [-0.25, -0.2) is 9.36 Å². The Hall–Kier alpha value is -3.22. The summed E-state index contributed by atoms with van der Waals surface area (Å²) >= 11 is 0. The molecule has 1 saturated carbocycles. The molecule has 4 rings (SSSR count). The van der Waals surface area contributed by atoms with Gasteiger partial charge in [-0.1, -0.05) is 71.1 Å². The number of fused-ring (bicyclic) bond motifs is 3. The number of nitrogens with zero attached hydrogens (tertiary/aromatic N) is 1. The molecule has 2 N–H and O–H groups in total. The maximum Gasteiger partial charge on any atom is 0.475 e. The molecule has 0 aromatic heterocycles. The summed E-state index contributed by atoms with van der Waals surface area (Å²) in [5.41, 5.74) is 1.23. The summed E-state index contributed by atoms with van der Waals surface area (Å²) in [5.74, 6) is -8.40. The van der Waals surface area contributed by atoms with Crippen molar-refractivity contribution in [2.24, 2.45) is 35.5 Å². The number of ketones is 3. The molecule has 1 aliphatic carbocycles. The lowest BCUT2D eigenvalue weighted by atomic mass is 9.78. The molecule has 0 radical (unpaired) electrons. The van der Waals surface area contributed by atoms with Gasteiger partial charge in [-0.05, 0) is 121 Å². The van der Waals surface area contributed by atoms with Gasteiger partial charge in [0.05, 0.1) is 37.6 Å². The van der Waals surface area contributed by atoms with Crippen molar-refractivity contribution in [3.8, 4) is 0 Å². The predicted molar refractivity (Wildman–Crippen MR) is 275 cm³/mol. The minimum absolute atomic E-state index is 0.00167. The molecule has 1 amide bonds. The van der Waals surface area contributed by atoms with E-state index in [0.717, 1.165) is 5.57 Å². The molecule has 0 aromatic rings. The number of hydrogen-bond acceptors (Lipinski definition) is 16. The molecule has 414 valence electrons. The van der Waals surface area contributed by atoms with E-state index in [9.17, 15) is 38.8 Å². The second-order valence-corrected chi connectivity index (χ2v) is 22.6. The molecule has 4 aliphatic rings. The number of piperidine rings is 1. The van der Waals surface area contributed by atoms with Crippen molar-refractivity contribution in [2.75, 3.05) is 41.1 Å². The summed E-state index contributed by atoms with van der Waals surface area (Å²) in [4.78, 5) is 72.5. The first kappa shape index (κ1) is 62.3. The van der Waals surface area contributed by atoms with Crippen molar-refractivity contribution < 1.29 is 76.0 Å². The van der Waals surface area contributed by atoms with Gasteiger partial charge in [-0.15, -0.1) is 0 Å². The summed E-state index contributed by atoms with van der Waals surface area (Å²) in [7, 11) is 0.650. The van der Waals surface area contributed by atoms with Crippen LogP contribution >= 0.6 is 7.82 Å². The van der Waals surface area contributed by atoms with Gasteiger partial charge < -0.3 is 38.8 Å². The van der Waals surface area contributed by atoms with E-state index < -0.39 is 104 Å². The Morgan fingerprint density at radius 3 is 2.18 bits per heavy atom. The number of phosphoric ester groups is 1. The maximum absolute atomic E-state index is 14.6. The fourth-order valence-corrected chi connectivity index (χ4v) is 12.2. The Balaban J connectivity index is 1.70. The van der Waals surface area contributed by atoms with Crippen LogP contribution in [0.4, 0.5) is 0 Å². The van der Waals surface area contributed by atoms with E-state index in [2.05, 4.69) is 0 Å². The molecule has 3 fully saturated rings. The molecule has 2 saturated heterocycles. The third kappa shape index (κ3) is 17.1. The molecule has 3 aliphatic heterocycles. The Labute approximate surface area is 434 Å². The minimum Gasteiger partial charge on any atom is -0.460 e. The third-order valence-electron chi connectivity index (χ3n) is 15.3. The molecule has 3 heterocycles. The lowest BCUT2D eigenvalue weighted by molar-refractivity contribution is -0.265.